The predicted octanol–water partition coefficient (Wildman–Crippen LogP) is 7.53. The van der Waals surface area contributed by atoms with Crippen molar-refractivity contribution in [2.75, 3.05) is 20.3 Å². The molecule has 0 spiro atoms. The molecule has 8 nitrogen and oxygen atoms in total. The molecule has 1 saturated heterocycles. The number of aliphatic hydroxyl groups is 1. The Hall–Kier alpha value is -2.72. The van der Waals surface area contributed by atoms with Gasteiger partial charge in [0.05, 0.1) is 31.8 Å². The first kappa shape index (κ1) is 36.7. The van der Waals surface area contributed by atoms with Crippen molar-refractivity contribution in [3.8, 4) is 5.75 Å². The number of aliphatic hydroxyl groups excluding tert-OH is 1. The minimum absolute atomic E-state index is 0.149. The van der Waals surface area contributed by atoms with E-state index in [1.165, 1.54) is 4.90 Å². The van der Waals surface area contributed by atoms with E-state index in [1.54, 1.807) is 14.0 Å². The second-order valence-electron chi connectivity index (χ2n) is 13.3. The van der Waals surface area contributed by atoms with Crippen LogP contribution in [0.1, 0.15) is 78.9 Å². The highest BCUT2D eigenvalue weighted by Gasteiger charge is 2.47. The molecule has 0 aromatic heterocycles. The molecule has 3 rings (SSSR count). The standard InChI is InChI=1S/C36H55NO7Si/c1-25(2)45(26(3)4,27(5)6)44-33(15-12-20-42-23-30-16-18-32(41-8)19-17-30)22-34(38)28(7)35(39)37-31(24-43-36(37)40)21-29-13-10-9-11-14-29/h9-11,13-14,16-19,25-28,31,33-34,38H,12,15,20-24H2,1-8H3/t28-,31-,33-,34+/m0/s1. The molecule has 1 fully saturated rings. The molecule has 9 heteroatoms. The first-order valence-electron chi connectivity index (χ1n) is 16.5. The summed E-state index contributed by atoms with van der Waals surface area (Å²) in [4.78, 5) is 27.6. The lowest BCUT2D eigenvalue weighted by Crippen LogP contribution is -2.51. The average Bonchev–Trinajstić information content (AvgIpc) is 3.37. The van der Waals surface area contributed by atoms with Gasteiger partial charge in [-0.3, -0.25) is 4.79 Å². The zero-order valence-corrected chi connectivity index (χ0v) is 29.5. The van der Waals surface area contributed by atoms with Crippen LogP contribution in [0.4, 0.5) is 4.79 Å². The minimum atomic E-state index is -2.27. The van der Waals surface area contributed by atoms with E-state index in [1.807, 2.05) is 54.6 Å². The Morgan fingerprint density at radius 2 is 1.58 bits per heavy atom. The van der Waals surface area contributed by atoms with Crippen LogP contribution in [0, 0.1) is 5.92 Å². The molecule has 2 aromatic rings. The molecule has 0 bridgehead atoms. The highest BCUT2D eigenvalue weighted by atomic mass is 28.4. The van der Waals surface area contributed by atoms with Crippen LogP contribution in [0.15, 0.2) is 54.6 Å². The Morgan fingerprint density at radius 3 is 2.16 bits per heavy atom. The molecule has 1 heterocycles. The van der Waals surface area contributed by atoms with Crippen molar-refractivity contribution >= 4 is 20.3 Å². The summed E-state index contributed by atoms with van der Waals surface area (Å²) in [6.07, 6.45) is 0.396. The Kier molecular flexibility index (Phi) is 14.1. The van der Waals surface area contributed by atoms with Crippen molar-refractivity contribution < 1.29 is 33.3 Å². The number of hydrogen-bond donors (Lipinski definition) is 1. The van der Waals surface area contributed by atoms with Crippen LogP contribution in [0.3, 0.4) is 0 Å². The van der Waals surface area contributed by atoms with E-state index in [0.717, 1.165) is 23.3 Å². The van der Waals surface area contributed by atoms with Crippen LogP contribution in [-0.2, 0) is 31.7 Å². The highest BCUT2D eigenvalue weighted by molar-refractivity contribution is 6.77. The number of ether oxygens (including phenoxy) is 3. The van der Waals surface area contributed by atoms with E-state index >= 15 is 0 Å². The molecule has 2 aromatic carbocycles. The third kappa shape index (κ3) is 9.64. The number of nitrogens with zero attached hydrogens (tertiary/aromatic N) is 1. The summed E-state index contributed by atoms with van der Waals surface area (Å²) in [5, 5.41) is 11.5. The lowest BCUT2D eigenvalue weighted by molar-refractivity contribution is -0.137. The Balaban J connectivity index is 1.69. The summed E-state index contributed by atoms with van der Waals surface area (Å²) in [6.45, 7) is 16.4. The maximum atomic E-state index is 13.7. The number of carbonyl (C=O) groups excluding carboxylic acids is 2. The molecule has 2 amide bonds. The second-order valence-corrected chi connectivity index (χ2v) is 18.7. The summed E-state index contributed by atoms with van der Waals surface area (Å²) < 4.78 is 23.7. The monoisotopic (exact) mass is 641 g/mol. The van der Waals surface area contributed by atoms with E-state index < -0.39 is 38.4 Å². The van der Waals surface area contributed by atoms with Gasteiger partial charge in [0.1, 0.15) is 12.4 Å². The Labute approximate surface area is 271 Å². The molecule has 0 aliphatic carbocycles. The first-order valence-corrected chi connectivity index (χ1v) is 18.6. The Morgan fingerprint density at radius 1 is 0.956 bits per heavy atom. The van der Waals surface area contributed by atoms with Gasteiger partial charge in [0, 0.05) is 12.7 Å². The summed E-state index contributed by atoms with van der Waals surface area (Å²) in [6, 6.07) is 17.2. The van der Waals surface area contributed by atoms with Gasteiger partial charge in [0.15, 0.2) is 0 Å². The zero-order chi connectivity index (χ0) is 33.1. The molecule has 0 radical (unpaired) electrons. The molecule has 1 aliphatic rings. The molecule has 0 unspecified atom stereocenters. The van der Waals surface area contributed by atoms with Crippen LogP contribution < -0.4 is 4.74 Å². The number of methoxy groups -OCH3 is 1. The maximum Gasteiger partial charge on any atom is 0.416 e. The van der Waals surface area contributed by atoms with Crippen molar-refractivity contribution in [2.45, 2.75) is 116 Å². The maximum absolute atomic E-state index is 13.7. The molecule has 1 aliphatic heterocycles. The fourth-order valence-electron chi connectivity index (χ4n) is 6.87. The predicted molar refractivity (Wildman–Crippen MR) is 180 cm³/mol. The van der Waals surface area contributed by atoms with Crippen molar-refractivity contribution in [2.24, 2.45) is 5.92 Å². The smallest absolute Gasteiger partial charge is 0.416 e. The van der Waals surface area contributed by atoms with Crippen LogP contribution >= 0.6 is 0 Å². The number of cyclic esters (lactones) is 1. The number of rotatable bonds is 18. The third-order valence-electron chi connectivity index (χ3n) is 9.30. The lowest BCUT2D eigenvalue weighted by Gasteiger charge is -2.45. The number of amides is 2. The number of imide groups is 1. The van der Waals surface area contributed by atoms with E-state index in [2.05, 4.69) is 41.5 Å². The van der Waals surface area contributed by atoms with Gasteiger partial charge in [-0.05, 0) is 65.6 Å². The molecule has 250 valence electrons. The molecule has 45 heavy (non-hydrogen) atoms. The molecular formula is C36H55NO7Si. The fourth-order valence-corrected chi connectivity index (χ4v) is 12.5. The van der Waals surface area contributed by atoms with Crippen molar-refractivity contribution in [1.29, 1.82) is 0 Å². The zero-order valence-electron chi connectivity index (χ0n) is 28.5. The van der Waals surface area contributed by atoms with Crippen molar-refractivity contribution in [3.05, 3.63) is 65.7 Å². The van der Waals surface area contributed by atoms with Gasteiger partial charge < -0.3 is 23.7 Å². The van der Waals surface area contributed by atoms with E-state index in [0.29, 0.717) is 49.1 Å². The van der Waals surface area contributed by atoms with E-state index in [4.69, 9.17) is 18.6 Å². The summed E-state index contributed by atoms with van der Waals surface area (Å²) in [5.74, 6) is -0.390. The fraction of sp³-hybridized carbons (Fsp3) is 0.611. The molecule has 4 atom stereocenters. The lowest BCUT2D eigenvalue weighted by atomic mass is 9.95. The average molecular weight is 642 g/mol. The van der Waals surface area contributed by atoms with Gasteiger partial charge in [-0.15, -0.1) is 0 Å². The van der Waals surface area contributed by atoms with Crippen molar-refractivity contribution in [3.63, 3.8) is 0 Å². The molecule has 0 saturated carbocycles. The van der Waals surface area contributed by atoms with Crippen LogP contribution in [-0.4, -0.2) is 68.9 Å². The Bertz CT molecular complexity index is 1170. The van der Waals surface area contributed by atoms with Gasteiger partial charge >= 0.3 is 6.09 Å². The van der Waals surface area contributed by atoms with Crippen LogP contribution in [0.5, 0.6) is 5.75 Å². The summed E-state index contributed by atoms with van der Waals surface area (Å²) >= 11 is 0. The van der Waals surface area contributed by atoms with Crippen molar-refractivity contribution in [1.82, 2.24) is 4.90 Å². The van der Waals surface area contributed by atoms with Crippen LogP contribution in [0.25, 0.3) is 0 Å². The van der Waals surface area contributed by atoms with E-state index in [-0.39, 0.29) is 12.7 Å². The molecule has 1 N–H and O–H groups in total. The van der Waals surface area contributed by atoms with Crippen LogP contribution in [0.2, 0.25) is 16.6 Å². The largest absolute Gasteiger partial charge is 0.497 e. The quantitative estimate of drug-likeness (QED) is 0.133. The van der Waals surface area contributed by atoms with Gasteiger partial charge in [-0.1, -0.05) is 90.9 Å². The first-order chi connectivity index (χ1) is 21.4. The number of benzene rings is 2. The highest BCUT2D eigenvalue weighted by Crippen LogP contribution is 2.44. The van der Waals surface area contributed by atoms with Gasteiger partial charge in [-0.2, -0.15) is 0 Å². The van der Waals surface area contributed by atoms with Gasteiger partial charge in [-0.25, -0.2) is 9.69 Å². The number of hydrogen-bond acceptors (Lipinski definition) is 7. The van der Waals surface area contributed by atoms with E-state index in [9.17, 15) is 14.7 Å². The normalized spacial score (nSPS) is 17.6. The topological polar surface area (TPSA) is 94.5 Å². The van der Waals surface area contributed by atoms with Gasteiger partial charge in [0.2, 0.25) is 14.2 Å². The SMILES string of the molecule is COc1ccc(COCCC[C@@H](C[C@@H](O)[C@H](C)C(=O)N2C(=O)OC[C@@H]2Cc2ccccc2)O[Si](C(C)C)(C(C)C)C(C)C)cc1. The molecular weight excluding hydrogens is 586 g/mol. The van der Waals surface area contributed by atoms with Gasteiger partial charge in [0.25, 0.3) is 0 Å². The summed E-state index contributed by atoms with van der Waals surface area (Å²) in [5.41, 5.74) is 3.22. The number of carbonyl (C=O) groups is 2. The second kappa shape index (κ2) is 17.3. The summed E-state index contributed by atoms with van der Waals surface area (Å²) in [7, 11) is -0.625. The minimum Gasteiger partial charge on any atom is -0.497 e. The third-order valence-corrected chi connectivity index (χ3v) is 15.5.